The Morgan fingerprint density at radius 1 is 1.18 bits per heavy atom. The van der Waals surface area contributed by atoms with Gasteiger partial charge in [0.25, 0.3) is 0 Å². The van der Waals surface area contributed by atoms with Crippen molar-refractivity contribution < 1.29 is 9.47 Å². The molecule has 0 amide bonds. The van der Waals surface area contributed by atoms with Crippen LogP contribution in [-0.2, 0) is 16.0 Å². The highest BCUT2D eigenvalue weighted by atomic mass is 127. The van der Waals surface area contributed by atoms with Gasteiger partial charge in [0.1, 0.15) is 0 Å². The number of benzene rings is 1. The number of likely N-dealkylation sites (tertiary alicyclic amines) is 1. The van der Waals surface area contributed by atoms with Gasteiger partial charge in [-0.3, -0.25) is 4.90 Å². The van der Waals surface area contributed by atoms with E-state index in [0.717, 1.165) is 36.5 Å². The molecule has 3 aliphatic rings. The first-order valence-corrected chi connectivity index (χ1v) is 9.69. The fourth-order valence-corrected chi connectivity index (χ4v) is 5.67. The first kappa shape index (κ1) is 15.4. The second kappa shape index (κ2) is 6.38. The Labute approximate surface area is 146 Å². The largest absolute Gasteiger partial charge is 0.348 e. The lowest BCUT2D eigenvalue weighted by atomic mass is 9.75. The van der Waals surface area contributed by atoms with E-state index in [2.05, 4.69) is 57.8 Å². The van der Waals surface area contributed by atoms with Gasteiger partial charge < -0.3 is 9.47 Å². The second-order valence-corrected chi connectivity index (χ2v) is 8.69. The second-order valence-electron chi connectivity index (χ2n) is 6.93. The summed E-state index contributed by atoms with van der Waals surface area (Å²) in [6.07, 6.45) is 4.67. The van der Waals surface area contributed by atoms with Gasteiger partial charge in [0, 0.05) is 35.9 Å². The van der Waals surface area contributed by atoms with Crippen LogP contribution in [0, 0.1) is 5.92 Å². The molecule has 2 heterocycles. The summed E-state index contributed by atoms with van der Waals surface area (Å²) in [6, 6.07) is 11.6. The molecule has 2 aliphatic heterocycles. The summed E-state index contributed by atoms with van der Waals surface area (Å²) in [7, 11) is 0. The maximum atomic E-state index is 5.98. The molecule has 0 unspecified atom stereocenters. The zero-order chi connectivity index (χ0) is 15.0. The molecular formula is C18H24INO2. The SMILES string of the molecule is I[C@@H]1C[C@@H]2CC3(CC[C@H]2N(Cc2ccccc2)C1)OCCO3. The number of halogens is 1. The van der Waals surface area contributed by atoms with E-state index in [1.54, 1.807) is 0 Å². The molecule has 4 rings (SSSR count). The molecule has 1 aliphatic carbocycles. The Morgan fingerprint density at radius 2 is 1.95 bits per heavy atom. The van der Waals surface area contributed by atoms with E-state index in [4.69, 9.17) is 9.47 Å². The third-order valence-corrected chi connectivity index (χ3v) is 6.34. The van der Waals surface area contributed by atoms with Gasteiger partial charge in [0.15, 0.2) is 5.79 Å². The molecule has 0 bridgehead atoms. The molecular weight excluding hydrogens is 389 g/mol. The van der Waals surface area contributed by atoms with E-state index in [0.29, 0.717) is 12.0 Å². The molecule has 3 nitrogen and oxygen atoms in total. The number of alkyl halides is 1. The van der Waals surface area contributed by atoms with E-state index >= 15 is 0 Å². The first-order chi connectivity index (χ1) is 10.7. The van der Waals surface area contributed by atoms with Crippen LogP contribution in [0.4, 0.5) is 0 Å². The lowest BCUT2D eigenvalue weighted by molar-refractivity contribution is -0.200. The summed E-state index contributed by atoms with van der Waals surface area (Å²) >= 11 is 2.63. The standard InChI is InChI=1S/C18H24INO2/c19-16-10-15-11-18(21-8-9-22-18)7-6-17(15)20(13-16)12-14-4-2-1-3-5-14/h1-5,15-17H,6-13H2/t15-,16-,17-/m1/s1. The molecule has 120 valence electrons. The Morgan fingerprint density at radius 3 is 2.73 bits per heavy atom. The number of hydrogen-bond acceptors (Lipinski definition) is 3. The van der Waals surface area contributed by atoms with E-state index < -0.39 is 0 Å². The lowest BCUT2D eigenvalue weighted by Crippen LogP contribution is -2.54. The fraction of sp³-hybridized carbons (Fsp3) is 0.667. The van der Waals surface area contributed by atoms with Crippen LogP contribution >= 0.6 is 22.6 Å². The molecule has 4 heteroatoms. The van der Waals surface area contributed by atoms with Gasteiger partial charge in [-0.2, -0.15) is 0 Å². The van der Waals surface area contributed by atoms with Crippen molar-refractivity contribution in [2.75, 3.05) is 19.8 Å². The van der Waals surface area contributed by atoms with Crippen LogP contribution in [0.25, 0.3) is 0 Å². The van der Waals surface area contributed by atoms with Gasteiger partial charge >= 0.3 is 0 Å². The normalized spacial score (nSPS) is 34.7. The van der Waals surface area contributed by atoms with Crippen LogP contribution in [0.3, 0.4) is 0 Å². The Kier molecular flexibility index (Phi) is 4.46. The van der Waals surface area contributed by atoms with E-state index in [1.807, 2.05) is 0 Å². The molecule has 22 heavy (non-hydrogen) atoms. The predicted molar refractivity (Wildman–Crippen MR) is 95.0 cm³/mol. The highest BCUT2D eigenvalue weighted by molar-refractivity contribution is 14.1. The number of ether oxygens (including phenoxy) is 2. The van der Waals surface area contributed by atoms with E-state index in [-0.39, 0.29) is 5.79 Å². The number of piperidine rings is 1. The van der Waals surface area contributed by atoms with Gasteiger partial charge in [0.05, 0.1) is 13.2 Å². The Balaban J connectivity index is 1.49. The third-order valence-electron chi connectivity index (χ3n) is 5.44. The van der Waals surface area contributed by atoms with Crippen molar-refractivity contribution in [3.8, 4) is 0 Å². The van der Waals surface area contributed by atoms with Crippen molar-refractivity contribution >= 4 is 22.6 Å². The first-order valence-electron chi connectivity index (χ1n) is 8.44. The molecule has 0 N–H and O–H groups in total. The van der Waals surface area contributed by atoms with Crippen molar-refractivity contribution in [3.05, 3.63) is 35.9 Å². The smallest absolute Gasteiger partial charge is 0.168 e. The van der Waals surface area contributed by atoms with Crippen molar-refractivity contribution in [3.63, 3.8) is 0 Å². The van der Waals surface area contributed by atoms with Gasteiger partial charge in [-0.25, -0.2) is 0 Å². The van der Waals surface area contributed by atoms with Crippen LogP contribution in [0.1, 0.15) is 31.2 Å². The molecule has 3 atom stereocenters. The number of fused-ring (bicyclic) bond motifs is 1. The minimum absolute atomic E-state index is 0.243. The molecule has 3 fully saturated rings. The van der Waals surface area contributed by atoms with Crippen LogP contribution in [0.5, 0.6) is 0 Å². The van der Waals surface area contributed by atoms with Crippen LogP contribution in [-0.4, -0.2) is 40.4 Å². The van der Waals surface area contributed by atoms with Crippen molar-refractivity contribution in [1.82, 2.24) is 4.90 Å². The quantitative estimate of drug-likeness (QED) is 0.546. The average Bonchev–Trinajstić information content (AvgIpc) is 2.95. The Bertz CT molecular complexity index is 503. The number of nitrogens with zero attached hydrogens (tertiary/aromatic N) is 1. The summed E-state index contributed by atoms with van der Waals surface area (Å²) in [5.41, 5.74) is 1.43. The predicted octanol–water partition coefficient (Wildman–Crippen LogP) is 3.61. The highest BCUT2D eigenvalue weighted by Crippen LogP contribution is 2.45. The summed E-state index contributed by atoms with van der Waals surface area (Å²) in [6.45, 7) is 3.85. The summed E-state index contributed by atoms with van der Waals surface area (Å²) in [5.74, 6) is 0.471. The lowest BCUT2D eigenvalue weighted by Gasteiger charge is -2.50. The molecule has 1 spiro atoms. The van der Waals surface area contributed by atoms with Gasteiger partial charge in [-0.05, 0) is 24.3 Å². The molecule has 0 aromatic heterocycles. The average molecular weight is 413 g/mol. The van der Waals surface area contributed by atoms with Gasteiger partial charge in [-0.1, -0.05) is 52.9 Å². The summed E-state index contributed by atoms with van der Waals surface area (Å²) in [4.78, 5) is 2.71. The van der Waals surface area contributed by atoms with Crippen molar-refractivity contribution in [2.24, 2.45) is 5.92 Å². The summed E-state index contributed by atoms with van der Waals surface area (Å²) in [5, 5.41) is 0. The maximum absolute atomic E-state index is 5.98. The van der Waals surface area contributed by atoms with Crippen LogP contribution in [0.15, 0.2) is 30.3 Å². The topological polar surface area (TPSA) is 21.7 Å². The van der Waals surface area contributed by atoms with Gasteiger partial charge in [-0.15, -0.1) is 0 Å². The van der Waals surface area contributed by atoms with Crippen molar-refractivity contribution in [2.45, 2.75) is 48.0 Å². The third kappa shape index (κ3) is 3.07. The Hall–Kier alpha value is -0.170. The zero-order valence-corrected chi connectivity index (χ0v) is 15.1. The van der Waals surface area contributed by atoms with Crippen molar-refractivity contribution in [1.29, 1.82) is 0 Å². The molecule has 1 aromatic rings. The van der Waals surface area contributed by atoms with E-state index in [1.165, 1.54) is 24.9 Å². The molecule has 2 saturated heterocycles. The van der Waals surface area contributed by atoms with Crippen LogP contribution in [0.2, 0.25) is 0 Å². The van der Waals surface area contributed by atoms with Crippen LogP contribution < -0.4 is 0 Å². The maximum Gasteiger partial charge on any atom is 0.168 e. The summed E-state index contributed by atoms with van der Waals surface area (Å²) < 4.78 is 12.7. The molecule has 1 aromatic carbocycles. The monoisotopic (exact) mass is 413 g/mol. The minimum atomic E-state index is -0.243. The zero-order valence-electron chi connectivity index (χ0n) is 12.9. The fourth-order valence-electron chi connectivity index (χ4n) is 4.51. The van der Waals surface area contributed by atoms with Gasteiger partial charge in [0.2, 0.25) is 0 Å². The highest BCUT2D eigenvalue weighted by Gasteiger charge is 2.48. The van der Waals surface area contributed by atoms with E-state index in [9.17, 15) is 0 Å². The molecule has 0 radical (unpaired) electrons. The molecule has 1 saturated carbocycles. The minimum Gasteiger partial charge on any atom is -0.348 e. The number of hydrogen-bond donors (Lipinski definition) is 0. The number of rotatable bonds is 2.